The fourth-order valence-corrected chi connectivity index (χ4v) is 6.24. The molecule has 34 heavy (non-hydrogen) atoms. The van der Waals surface area contributed by atoms with Crippen LogP contribution in [0.5, 0.6) is 0 Å². The number of pyridine rings is 1. The third-order valence-corrected chi connectivity index (χ3v) is 8.34. The zero-order valence-electron chi connectivity index (χ0n) is 18.3. The highest BCUT2D eigenvalue weighted by molar-refractivity contribution is 7.89. The van der Waals surface area contributed by atoms with E-state index in [0.29, 0.717) is 37.2 Å². The first kappa shape index (κ1) is 22.8. The zero-order chi connectivity index (χ0) is 23.7. The molecule has 2 radical (unpaired) electrons. The van der Waals surface area contributed by atoms with Crippen LogP contribution in [0.4, 0.5) is 5.82 Å². The number of aromatic nitrogens is 4. The van der Waals surface area contributed by atoms with E-state index in [1.165, 1.54) is 4.31 Å². The summed E-state index contributed by atoms with van der Waals surface area (Å²) in [7, 11) is 2.41. The molecular formula is C23H22BClN6O2S. The van der Waals surface area contributed by atoms with Gasteiger partial charge in [-0.25, -0.2) is 13.4 Å². The summed E-state index contributed by atoms with van der Waals surface area (Å²) >= 11 is 6.20. The van der Waals surface area contributed by atoms with Crippen LogP contribution in [0, 0.1) is 0 Å². The monoisotopic (exact) mass is 492 g/mol. The van der Waals surface area contributed by atoms with Gasteiger partial charge in [0.05, 0.1) is 10.7 Å². The summed E-state index contributed by atoms with van der Waals surface area (Å²) < 4.78 is 29.8. The van der Waals surface area contributed by atoms with Crippen molar-refractivity contribution in [2.45, 2.75) is 30.2 Å². The predicted molar refractivity (Wildman–Crippen MR) is 132 cm³/mol. The molecule has 1 N–H and O–H groups in total. The maximum Gasteiger partial charge on any atom is 0.244 e. The van der Waals surface area contributed by atoms with Crippen molar-refractivity contribution in [3.63, 3.8) is 0 Å². The second kappa shape index (κ2) is 9.36. The van der Waals surface area contributed by atoms with Crippen LogP contribution in [-0.4, -0.2) is 53.2 Å². The molecule has 1 aromatic carbocycles. The maximum absolute atomic E-state index is 13.3. The van der Waals surface area contributed by atoms with E-state index in [4.69, 9.17) is 24.4 Å². The molecule has 5 rings (SSSR count). The molecule has 1 unspecified atom stereocenters. The molecule has 1 aliphatic rings. The van der Waals surface area contributed by atoms with Crippen LogP contribution in [-0.2, 0) is 16.6 Å². The normalized spacial score (nSPS) is 17.1. The van der Waals surface area contributed by atoms with Gasteiger partial charge in [-0.3, -0.25) is 4.98 Å². The Kier molecular flexibility index (Phi) is 6.29. The van der Waals surface area contributed by atoms with E-state index in [-0.39, 0.29) is 15.8 Å². The summed E-state index contributed by atoms with van der Waals surface area (Å²) in [6.45, 7) is 1.30. The quantitative estimate of drug-likeness (QED) is 0.416. The van der Waals surface area contributed by atoms with E-state index < -0.39 is 10.0 Å². The molecule has 1 saturated heterocycles. The van der Waals surface area contributed by atoms with Crippen LogP contribution in [0.2, 0.25) is 5.02 Å². The lowest BCUT2D eigenvalue weighted by Gasteiger charge is -2.32. The van der Waals surface area contributed by atoms with Gasteiger partial charge in [-0.1, -0.05) is 29.8 Å². The smallest absolute Gasteiger partial charge is 0.244 e. The summed E-state index contributed by atoms with van der Waals surface area (Å²) in [6, 6.07) is 12.3. The van der Waals surface area contributed by atoms with Crippen molar-refractivity contribution in [3.8, 4) is 0 Å². The Morgan fingerprint density at radius 2 is 2.03 bits per heavy atom. The van der Waals surface area contributed by atoms with Gasteiger partial charge < -0.3 is 5.32 Å². The summed E-state index contributed by atoms with van der Waals surface area (Å²) in [4.78, 5) is 9.03. The minimum absolute atomic E-state index is 0.0933. The van der Waals surface area contributed by atoms with Crippen molar-refractivity contribution in [1.82, 2.24) is 23.9 Å². The third kappa shape index (κ3) is 4.40. The maximum atomic E-state index is 13.3. The Morgan fingerprint density at radius 1 is 1.18 bits per heavy atom. The number of benzene rings is 1. The molecule has 1 aliphatic heterocycles. The van der Waals surface area contributed by atoms with Gasteiger partial charge in [-0.2, -0.15) is 13.9 Å². The number of hydrogen-bond donors (Lipinski definition) is 1. The second-order valence-corrected chi connectivity index (χ2v) is 10.6. The zero-order valence-corrected chi connectivity index (χ0v) is 19.9. The molecule has 4 heterocycles. The fraction of sp³-hybridized carbons (Fsp3) is 0.261. The van der Waals surface area contributed by atoms with Crippen molar-refractivity contribution in [2.24, 2.45) is 0 Å². The molecule has 1 atom stereocenters. The van der Waals surface area contributed by atoms with Gasteiger partial charge in [0.15, 0.2) is 5.65 Å². The van der Waals surface area contributed by atoms with Crippen molar-refractivity contribution in [2.75, 3.05) is 18.4 Å². The first-order chi connectivity index (χ1) is 16.4. The Labute approximate surface area is 204 Å². The molecular weight excluding hydrogens is 471 g/mol. The highest BCUT2D eigenvalue weighted by Crippen LogP contribution is 2.32. The molecule has 4 aromatic rings. The van der Waals surface area contributed by atoms with Gasteiger partial charge in [-0.05, 0) is 42.1 Å². The van der Waals surface area contributed by atoms with Gasteiger partial charge in [-0.15, -0.1) is 0 Å². The van der Waals surface area contributed by atoms with Crippen LogP contribution < -0.4 is 10.8 Å². The second-order valence-electron chi connectivity index (χ2n) is 8.25. The first-order valence-corrected chi connectivity index (χ1v) is 12.8. The van der Waals surface area contributed by atoms with E-state index in [1.807, 2.05) is 18.2 Å². The van der Waals surface area contributed by atoms with Crippen LogP contribution in [0.25, 0.3) is 5.65 Å². The topological polar surface area (TPSA) is 92.5 Å². The summed E-state index contributed by atoms with van der Waals surface area (Å²) in [5, 5.41) is 7.96. The Bertz CT molecular complexity index is 1430. The molecule has 1 fully saturated rings. The highest BCUT2D eigenvalue weighted by atomic mass is 35.5. The van der Waals surface area contributed by atoms with E-state index in [2.05, 4.69) is 15.4 Å². The van der Waals surface area contributed by atoms with Crippen LogP contribution in [0.15, 0.2) is 66.0 Å². The molecule has 0 spiro atoms. The fourth-order valence-electron chi connectivity index (χ4n) is 4.22. The largest absolute Gasteiger partial charge is 0.366 e. The first-order valence-electron chi connectivity index (χ1n) is 10.9. The number of anilines is 1. The molecule has 8 nitrogen and oxygen atoms in total. The van der Waals surface area contributed by atoms with E-state index >= 15 is 0 Å². The van der Waals surface area contributed by atoms with Crippen molar-refractivity contribution in [1.29, 1.82) is 0 Å². The number of hydrogen-bond acceptors (Lipinski definition) is 6. The average Bonchev–Trinajstić information content (AvgIpc) is 3.24. The minimum atomic E-state index is -3.72. The van der Waals surface area contributed by atoms with Crippen molar-refractivity contribution < 1.29 is 8.42 Å². The van der Waals surface area contributed by atoms with Crippen molar-refractivity contribution in [3.05, 3.63) is 77.3 Å². The third-order valence-electron chi connectivity index (χ3n) is 5.97. The SMILES string of the molecule is [B]c1cnn2c(NCc3cccnc3)cc(C3CCCN(S(=O)(=O)c4ccccc4Cl)C3)nc12. The summed E-state index contributed by atoms with van der Waals surface area (Å²) in [5.41, 5.74) is 2.79. The van der Waals surface area contributed by atoms with Gasteiger partial charge in [0, 0.05) is 50.2 Å². The van der Waals surface area contributed by atoms with Crippen LogP contribution >= 0.6 is 11.6 Å². The van der Waals surface area contributed by atoms with E-state index in [1.54, 1.807) is 47.4 Å². The van der Waals surface area contributed by atoms with Gasteiger partial charge in [0.25, 0.3) is 0 Å². The summed E-state index contributed by atoms with van der Waals surface area (Å²) in [5.74, 6) is 0.635. The van der Waals surface area contributed by atoms with Crippen LogP contribution in [0.1, 0.15) is 30.0 Å². The lowest BCUT2D eigenvalue weighted by atomic mass is 9.95. The number of piperidine rings is 1. The Morgan fingerprint density at radius 3 is 2.82 bits per heavy atom. The van der Waals surface area contributed by atoms with Gasteiger partial charge in [0.1, 0.15) is 18.6 Å². The van der Waals surface area contributed by atoms with Crippen LogP contribution in [0.3, 0.4) is 0 Å². The highest BCUT2D eigenvalue weighted by Gasteiger charge is 2.33. The molecule has 0 saturated carbocycles. The van der Waals surface area contributed by atoms with Gasteiger partial charge in [0.2, 0.25) is 10.0 Å². The molecule has 0 aliphatic carbocycles. The lowest BCUT2D eigenvalue weighted by Crippen LogP contribution is -2.39. The number of nitrogens with one attached hydrogen (secondary N) is 1. The number of halogens is 1. The van der Waals surface area contributed by atoms with E-state index in [9.17, 15) is 8.42 Å². The number of rotatable bonds is 6. The predicted octanol–water partition coefficient (Wildman–Crippen LogP) is 2.75. The molecule has 172 valence electrons. The van der Waals surface area contributed by atoms with Gasteiger partial charge >= 0.3 is 0 Å². The standard InChI is InChI=1S/C23H22BClN6O2S/c24-18-14-28-31-22(27-13-16-5-3-9-26-12-16)11-20(29-23(18)31)17-6-4-10-30(15-17)34(32,33)21-8-2-1-7-19(21)25/h1-3,5,7-9,11-12,14,17,27H,4,6,10,13,15H2. The number of nitrogens with zero attached hydrogens (tertiary/aromatic N) is 5. The Hall–Kier alpha value is -2.95. The Balaban J connectivity index is 1.45. The molecule has 11 heteroatoms. The minimum Gasteiger partial charge on any atom is -0.366 e. The number of fused-ring (bicyclic) bond motifs is 1. The summed E-state index contributed by atoms with van der Waals surface area (Å²) in [6.07, 6.45) is 6.62. The molecule has 3 aromatic heterocycles. The van der Waals surface area contributed by atoms with E-state index in [0.717, 1.165) is 23.5 Å². The average molecular weight is 493 g/mol. The molecule has 0 amide bonds. The number of sulfonamides is 1. The van der Waals surface area contributed by atoms with Crippen molar-refractivity contribution >= 4 is 46.4 Å². The molecule has 0 bridgehead atoms. The lowest BCUT2D eigenvalue weighted by molar-refractivity contribution is 0.313.